The maximum Gasteiger partial charge on any atom is 0.244 e. The summed E-state index contributed by atoms with van der Waals surface area (Å²) >= 11 is 18.2. The fraction of sp³-hybridized carbons (Fsp3) is 0.333. The molecule has 1 atom stereocenters. The number of methoxy groups -OCH3 is 1. The SMILES string of the molecule is CNC(=O)[C@@H](C)N(Cc1cccc(OC)c1)C(=O)CN(c1cc(Cl)c(Cl)cc1Cl)S(C)(=O)=O. The number of sulfonamides is 1. The first-order valence-corrected chi connectivity index (χ1v) is 12.6. The molecule has 180 valence electrons. The average molecular weight is 537 g/mol. The number of rotatable bonds is 9. The summed E-state index contributed by atoms with van der Waals surface area (Å²) in [7, 11) is -0.991. The molecule has 2 rings (SSSR count). The first kappa shape index (κ1) is 27.0. The molecule has 0 aromatic heterocycles. The summed E-state index contributed by atoms with van der Waals surface area (Å²) in [5.74, 6) is -0.459. The summed E-state index contributed by atoms with van der Waals surface area (Å²) in [6, 6.07) is 8.67. The number of hydrogen-bond donors (Lipinski definition) is 1. The largest absolute Gasteiger partial charge is 0.497 e. The van der Waals surface area contributed by atoms with Crippen molar-refractivity contribution in [1.29, 1.82) is 0 Å². The number of likely N-dealkylation sites (N-methyl/N-ethyl adjacent to an activating group) is 1. The van der Waals surface area contributed by atoms with Crippen LogP contribution in [0.1, 0.15) is 12.5 Å². The number of benzene rings is 2. The van der Waals surface area contributed by atoms with Gasteiger partial charge in [-0.3, -0.25) is 13.9 Å². The zero-order chi connectivity index (χ0) is 24.9. The first-order valence-electron chi connectivity index (χ1n) is 9.65. The van der Waals surface area contributed by atoms with Crippen molar-refractivity contribution in [2.24, 2.45) is 0 Å². The lowest BCUT2D eigenvalue weighted by molar-refractivity contribution is -0.139. The maximum absolute atomic E-state index is 13.4. The van der Waals surface area contributed by atoms with Crippen molar-refractivity contribution < 1.29 is 22.7 Å². The molecule has 2 aromatic rings. The van der Waals surface area contributed by atoms with Gasteiger partial charge in [0.2, 0.25) is 21.8 Å². The Kier molecular flexibility index (Phi) is 9.25. The quantitative estimate of drug-likeness (QED) is 0.494. The van der Waals surface area contributed by atoms with Gasteiger partial charge in [0.25, 0.3) is 0 Å². The molecule has 1 N–H and O–H groups in total. The molecule has 33 heavy (non-hydrogen) atoms. The predicted octanol–water partition coefficient (Wildman–Crippen LogP) is 3.58. The van der Waals surface area contributed by atoms with Gasteiger partial charge in [-0.05, 0) is 36.8 Å². The molecule has 0 fully saturated rings. The standard InChI is InChI=1S/C21H24Cl3N3O5S/c1-13(21(29)25-2)26(11-14-6-5-7-15(8-14)32-3)20(28)12-27(33(4,30)31)19-10-17(23)16(22)9-18(19)24/h5-10,13H,11-12H2,1-4H3,(H,25,29)/t13-/m1/s1. The minimum absolute atomic E-state index is 0.00122. The van der Waals surface area contributed by atoms with Crippen LogP contribution in [0.2, 0.25) is 15.1 Å². The molecule has 0 radical (unpaired) electrons. The van der Waals surface area contributed by atoms with Gasteiger partial charge in [0.05, 0.1) is 34.1 Å². The highest BCUT2D eigenvalue weighted by Gasteiger charge is 2.31. The number of anilines is 1. The van der Waals surface area contributed by atoms with Gasteiger partial charge in [-0.25, -0.2) is 8.42 Å². The number of halogens is 3. The number of hydrogen-bond acceptors (Lipinski definition) is 5. The van der Waals surface area contributed by atoms with Crippen LogP contribution in [0, 0.1) is 0 Å². The Morgan fingerprint density at radius 3 is 2.30 bits per heavy atom. The van der Waals surface area contributed by atoms with Gasteiger partial charge in [0.1, 0.15) is 18.3 Å². The van der Waals surface area contributed by atoms with Gasteiger partial charge in [-0.2, -0.15) is 0 Å². The van der Waals surface area contributed by atoms with Gasteiger partial charge >= 0.3 is 0 Å². The Hall–Kier alpha value is -2.20. The fourth-order valence-corrected chi connectivity index (χ4v) is 4.60. The Bertz CT molecular complexity index is 1140. The molecule has 0 aliphatic carbocycles. The second-order valence-corrected chi connectivity index (χ2v) is 10.3. The molecule has 0 aliphatic rings. The lowest BCUT2D eigenvalue weighted by Gasteiger charge is -2.31. The van der Waals surface area contributed by atoms with Crippen LogP contribution in [0.5, 0.6) is 5.75 Å². The number of nitrogens with zero attached hydrogens (tertiary/aromatic N) is 2. The maximum atomic E-state index is 13.4. The van der Waals surface area contributed by atoms with E-state index in [-0.39, 0.29) is 27.3 Å². The van der Waals surface area contributed by atoms with E-state index in [0.717, 1.165) is 10.6 Å². The third-order valence-electron chi connectivity index (χ3n) is 4.84. The van der Waals surface area contributed by atoms with Gasteiger partial charge in [0.15, 0.2) is 0 Å². The first-order chi connectivity index (χ1) is 15.4. The molecule has 8 nitrogen and oxygen atoms in total. The van der Waals surface area contributed by atoms with Crippen LogP contribution < -0.4 is 14.4 Å². The summed E-state index contributed by atoms with van der Waals surface area (Å²) in [5, 5.41) is 2.72. The summed E-state index contributed by atoms with van der Waals surface area (Å²) < 4.78 is 31.2. The normalized spacial score (nSPS) is 12.1. The topological polar surface area (TPSA) is 96.0 Å². The molecule has 0 unspecified atom stereocenters. The van der Waals surface area contributed by atoms with Crippen molar-refractivity contribution in [1.82, 2.24) is 10.2 Å². The van der Waals surface area contributed by atoms with Crippen LogP contribution >= 0.6 is 34.8 Å². The minimum Gasteiger partial charge on any atom is -0.497 e. The van der Waals surface area contributed by atoms with Crippen LogP contribution in [0.25, 0.3) is 0 Å². The van der Waals surface area contributed by atoms with E-state index < -0.39 is 34.4 Å². The minimum atomic E-state index is -3.95. The molecule has 0 spiro atoms. The molecule has 0 heterocycles. The monoisotopic (exact) mass is 535 g/mol. The van der Waals surface area contributed by atoms with Crippen LogP contribution in [-0.4, -0.2) is 58.1 Å². The molecule has 12 heteroatoms. The second kappa shape index (κ2) is 11.3. The highest BCUT2D eigenvalue weighted by Crippen LogP contribution is 2.35. The van der Waals surface area contributed by atoms with Crippen LogP contribution in [-0.2, 0) is 26.2 Å². The van der Waals surface area contributed by atoms with Gasteiger partial charge < -0.3 is 15.0 Å². The number of carbonyl (C=O) groups excluding carboxylic acids is 2. The van der Waals surface area contributed by atoms with E-state index in [1.807, 2.05) is 0 Å². The third kappa shape index (κ3) is 6.89. The second-order valence-electron chi connectivity index (χ2n) is 7.15. The van der Waals surface area contributed by atoms with Gasteiger partial charge in [-0.15, -0.1) is 0 Å². The number of nitrogens with one attached hydrogen (secondary N) is 1. The van der Waals surface area contributed by atoms with E-state index in [4.69, 9.17) is 39.5 Å². The molecule has 0 saturated carbocycles. The fourth-order valence-electron chi connectivity index (χ4n) is 3.06. The highest BCUT2D eigenvalue weighted by molar-refractivity contribution is 7.92. The van der Waals surface area contributed by atoms with Crippen molar-refractivity contribution in [2.45, 2.75) is 19.5 Å². The number of carbonyl (C=O) groups is 2. The summed E-state index contributed by atoms with van der Waals surface area (Å²) in [5.41, 5.74) is 0.688. The van der Waals surface area contributed by atoms with Gasteiger partial charge in [0, 0.05) is 13.6 Å². The zero-order valence-electron chi connectivity index (χ0n) is 18.4. The van der Waals surface area contributed by atoms with E-state index >= 15 is 0 Å². The highest BCUT2D eigenvalue weighted by atomic mass is 35.5. The van der Waals surface area contributed by atoms with Crippen LogP contribution in [0.15, 0.2) is 36.4 Å². The van der Waals surface area contributed by atoms with E-state index in [1.165, 1.54) is 31.2 Å². The summed E-state index contributed by atoms with van der Waals surface area (Å²) in [4.78, 5) is 27.0. The molecule has 2 aromatic carbocycles. The van der Waals surface area contributed by atoms with Crippen molar-refractivity contribution in [2.75, 3.05) is 31.3 Å². The van der Waals surface area contributed by atoms with Crippen LogP contribution in [0.3, 0.4) is 0 Å². The van der Waals surface area contributed by atoms with E-state index in [2.05, 4.69) is 5.32 Å². The van der Waals surface area contributed by atoms with E-state index in [0.29, 0.717) is 11.3 Å². The average Bonchev–Trinajstić information content (AvgIpc) is 2.76. The Morgan fingerprint density at radius 1 is 1.09 bits per heavy atom. The van der Waals surface area contributed by atoms with Crippen molar-refractivity contribution in [3.05, 3.63) is 57.0 Å². The van der Waals surface area contributed by atoms with Crippen molar-refractivity contribution in [3.63, 3.8) is 0 Å². The Labute approximate surface area is 208 Å². The molecule has 2 amide bonds. The lowest BCUT2D eigenvalue weighted by Crippen LogP contribution is -2.50. The molecule has 0 aliphatic heterocycles. The summed E-state index contributed by atoms with van der Waals surface area (Å²) in [6.45, 7) is 0.979. The molecular formula is C21H24Cl3N3O5S. The molecule has 0 saturated heterocycles. The molecule has 0 bridgehead atoms. The lowest BCUT2D eigenvalue weighted by atomic mass is 10.1. The number of amides is 2. The van der Waals surface area contributed by atoms with E-state index in [9.17, 15) is 18.0 Å². The predicted molar refractivity (Wildman–Crippen MR) is 131 cm³/mol. The third-order valence-corrected chi connectivity index (χ3v) is 6.99. The number of ether oxygens (including phenoxy) is 1. The van der Waals surface area contributed by atoms with E-state index in [1.54, 1.807) is 31.2 Å². The zero-order valence-corrected chi connectivity index (χ0v) is 21.5. The Morgan fingerprint density at radius 2 is 1.73 bits per heavy atom. The van der Waals surface area contributed by atoms with Crippen molar-refractivity contribution in [3.8, 4) is 5.75 Å². The smallest absolute Gasteiger partial charge is 0.244 e. The Balaban J connectivity index is 2.46. The van der Waals surface area contributed by atoms with Crippen molar-refractivity contribution >= 4 is 62.3 Å². The van der Waals surface area contributed by atoms with Gasteiger partial charge in [-0.1, -0.05) is 46.9 Å². The van der Waals surface area contributed by atoms with Crippen LogP contribution in [0.4, 0.5) is 5.69 Å². The summed E-state index contributed by atoms with van der Waals surface area (Å²) in [6.07, 6.45) is 0.938. The molecular weight excluding hydrogens is 513 g/mol.